The molecule has 0 radical (unpaired) electrons. The number of urea groups is 2. The minimum absolute atomic E-state index is 0.315. The minimum Gasteiger partial charge on any atom is -0.399 e. The first kappa shape index (κ1) is 18.2. The van der Waals surface area contributed by atoms with Crippen molar-refractivity contribution >= 4 is 29.3 Å². The zero-order valence-electron chi connectivity index (χ0n) is 15.1. The normalized spacial score (nSPS) is 18.6. The third-order valence-corrected chi connectivity index (χ3v) is 4.56. The molecule has 0 aromatic heterocycles. The van der Waals surface area contributed by atoms with Crippen molar-refractivity contribution in [2.24, 2.45) is 0 Å². The second kappa shape index (κ2) is 6.99. The van der Waals surface area contributed by atoms with Crippen molar-refractivity contribution in [3.8, 4) is 0 Å². The highest BCUT2D eigenvalue weighted by Gasteiger charge is 2.43. The third-order valence-electron chi connectivity index (χ3n) is 4.56. The third kappa shape index (κ3) is 3.84. The Morgan fingerprint density at radius 3 is 2.44 bits per heavy atom. The van der Waals surface area contributed by atoms with Crippen LogP contribution in [0.2, 0.25) is 0 Å². The molecule has 2 aromatic carbocycles. The number of carbonyl (C=O) groups excluding carboxylic acids is 3. The van der Waals surface area contributed by atoms with Crippen LogP contribution in [0.4, 0.5) is 21.0 Å². The number of nitrogen functional groups attached to an aromatic ring is 1. The van der Waals surface area contributed by atoms with Gasteiger partial charge in [0.1, 0.15) is 5.54 Å². The predicted molar refractivity (Wildman–Crippen MR) is 102 cm³/mol. The molecule has 1 atom stereocenters. The van der Waals surface area contributed by atoms with Gasteiger partial charge in [-0.2, -0.15) is 0 Å². The average Bonchev–Trinajstić information content (AvgIpc) is 2.90. The molecule has 1 fully saturated rings. The lowest BCUT2D eigenvalue weighted by Gasteiger charge is -2.21. The van der Waals surface area contributed by atoms with E-state index < -0.39 is 17.5 Å². The molecule has 0 spiro atoms. The van der Waals surface area contributed by atoms with Crippen molar-refractivity contribution in [1.29, 1.82) is 0 Å². The second-order valence-electron chi connectivity index (χ2n) is 6.61. The van der Waals surface area contributed by atoms with Gasteiger partial charge in [0.25, 0.3) is 5.91 Å². The molecule has 0 aliphatic carbocycles. The summed E-state index contributed by atoms with van der Waals surface area (Å²) in [7, 11) is 0. The number of hydrogen-bond acceptors (Lipinski definition) is 4. The van der Waals surface area contributed by atoms with Crippen molar-refractivity contribution in [3.05, 3.63) is 59.2 Å². The number of aryl methyl sites for hydroxylation is 1. The lowest BCUT2D eigenvalue weighted by molar-refractivity contribution is -0.123. The molecule has 6 N–H and O–H groups in total. The fraction of sp³-hybridized carbons (Fsp3) is 0.211. The number of imide groups is 1. The van der Waals surface area contributed by atoms with Gasteiger partial charge < -0.3 is 21.7 Å². The molecule has 1 aliphatic heterocycles. The molecule has 0 saturated carbocycles. The van der Waals surface area contributed by atoms with Gasteiger partial charge in [-0.3, -0.25) is 10.1 Å². The average molecular weight is 367 g/mol. The van der Waals surface area contributed by atoms with Crippen molar-refractivity contribution in [2.45, 2.75) is 25.9 Å². The molecule has 3 rings (SSSR count). The molecule has 5 amide bonds. The van der Waals surface area contributed by atoms with E-state index >= 15 is 0 Å². The fourth-order valence-electron chi connectivity index (χ4n) is 2.81. The Labute approximate surface area is 156 Å². The molecule has 1 saturated heterocycles. The molecule has 27 heavy (non-hydrogen) atoms. The number of hydrogen-bond donors (Lipinski definition) is 5. The molecule has 0 bridgehead atoms. The summed E-state index contributed by atoms with van der Waals surface area (Å²) in [6.07, 6.45) is 0. The van der Waals surface area contributed by atoms with E-state index in [4.69, 9.17) is 5.73 Å². The summed E-state index contributed by atoms with van der Waals surface area (Å²) in [6.45, 7) is 3.82. The van der Waals surface area contributed by atoms with Crippen LogP contribution in [0.1, 0.15) is 23.6 Å². The Bertz CT molecular complexity index is 910. The number of carbonyl (C=O) groups is 3. The predicted octanol–water partition coefficient (Wildman–Crippen LogP) is 1.95. The van der Waals surface area contributed by atoms with E-state index in [1.165, 1.54) is 0 Å². The minimum atomic E-state index is -1.09. The maximum absolute atomic E-state index is 12.0. The number of anilines is 2. The zero-order valence-corrected chi connectivity index (χ0v) is 15.1. The summed E-state index contributed by atoms with van der Waals surface area (Å²) in [5, 5.41) is 10.4. The van der Waals surface area contributed by atoms with E-state index in [2.05, 4.69) is 21.3 Å². The maximum Gasteiger partial charge on any atom is 0.322 e. The number of rotatable bonds is 4. The molecule has 8 nitrogen and oxygen atoms in total. The van der Waals surface area contributed by atoms with Crippen molar-refractivity contribution < 1.29 is 14.4 Å². The summed E-state index contributed by atoms with van der Waals surface area (Å²) in [5.41, 5.74) is 8.41. The first-order valence-electron chi connectivity index (χ1n) is 8.42. The van der Waals surface area contributed by atoms with Gasteiger partial charge in [0.15, 0.2) is 0 Å². The Morgan fingerprint density at radius 1 is 1.15 bits per heavy atom. The van der Waals surface area contributed by atoms with Crippen LogP contribution in [0.15, 0.2) is 42.5 Å². The maximum atomic E-state index is 12.0. The zero-order chi connectivity index (χ0) is 19.6. The molecular weight excluding hydrogens is 346 g/mol. The van der Waals surface area contributed by atoms with Gasteiger partial charge in [-0.1, -0.05) is 24.3 Å². The van der Waals surface area contributed by atoms with E-state index in [0.29, 0.717) is 23.5 Å². The summed E-state index contributed by atoms with van der Waals surface area (Å²) >= 11 is 0. The second-order valence-corrected chi connectivity index (χ2v) is 6.61. The highest BCUT2D eigenvalue weighted by Crippen LogP contribution is 2.24. The highest BCUT2D eigenvalue weighted by atomic mass is 16.2. The molecule has 140 valence electrons. The number of nitrogens with one attached hydrogen (secondary N) is 4. The Hall–Kier alpha value is -3.55. The van der Waals surface area contributed by atoms with Crippen LogP contribution in [0.25, 0.3) is 0 Å². The van der Waals surface area contributed by atoms with E-state index in [1.807, 2.05) is 6.92 Å². The van der Waals surface area contributed by atoms with Crippen LogP contribution in [0.5, 0.6) is 0 Å². The number of benzene rings is 2. The number of amides is 5. The van der Waals surface area contributed by atoms with Crippen molar-refractivity contribution in [1.82, 2.24) is 16.0 Å². The van der Waals surface area contributed by atoms with Crippen LogP contribution >= 0.6 is 0 Å². The van der Waals surface area contributed by atoms with Gasteiger partial charge in [0, 0.05) is 17.9 Å². The topological polar surface area (TPSA) is 125 Å². The Morgan fingerprint density at radius 2 is 1.85 bits per heavy atom. The monoisotopic (exact) mass is 367 g/mol. The highest BCUT2D eigenvalue weighted by molar-refractivity contribution is 6.07. The Balaban J connectivity index is 1.58. The van der Waals surface area contributed by atoms with E-state index in [1.54, 1.807) is 49.4 Å². The van der Waals surface area contributed by atoms with Crippen LogP contribution in [0.3, 0.4) is 0 Å². The van der Waals surface area contributed by atoms with Gasteiger partial charge in [0.05, 0.1) is 0 Å². The van der Waals surface area contributed by atoms with E-state index in [-0.39, 0.29) is 6.03 Å². The Kier molecular flexibility index (Phi) is 4.72. The van der Waals surface area contributed by atoms with Crippen molar-refractivity contribution in [3.63, 3.8) is 0 Å². The molecule has 1 heterocycles. The van der Waals surface area contributed by atoms with E-state index in [9.17, 15) is 14.4 Å². The largest absolute Gasteiger partial charge is 0.399 e. The first-order chi connectivity index (χ1) is 12.8. The van der Waals surface area contributed by atoms with Crippen LogP contribution in [0, 0.1) is 6.92 Å². The van der Waals surface area contributed by atoms with Crippen LogP contribution in [-0.4, -0.2) is 18.0 Å². The smallest absolute Gasteiger partial charge is 0.322 e. The van der Waals surface area contributed by atoms with Crippen molar-refractivity contribution in [2.75, 3.05) is 11.1 Å². The van der Waals surface area contributed by atoms with Gasteiger partial charge >= 0.3 is 12.1 Å². The molecular formula is C19H21N5O3. The van der Waals surface area contributed by atoms with Gasteiger partial charge in [-0.15, -0.1) is 0 Å². The SMILES string of the molecule is Cc1cc(NC(=O)NCc2ccc(C3(C)NC(=O)NC3=O)cc2)ccc1N. The van der Waals surface area contributed by atoms with Gasteiger partial charge in [-0.05, 0) is 48.7 Å². The summed E-state index contributed by atoms with van der Waals surface area (Å²) < 4.78 is 0. The summed E-state index contributed by atoms with van der Waals surface area (Å²) in [4.78, 5) is 35.4. The summed E-state index contributed by atoms with van der Waals surface area (Å²) in [6, 6.07) is 11.5. The number of nitrogens with two attached hydrogens (primary N) is 1. The standard InChI is InChI=1S/C19H21N5O3/c1-11-9-14(7-8-15(11)20)22-17(26)21-10-12-3-5-13(6-4-12)19(2)16(25)23-18(27)24-19/h3-9H,10,20H2,1-2H3,(H2,21,22,26)(H2,23,24,25,27). The lowest BCUT2D eigenvalue weighted by Crippen LogP contribution is -2.40. The first-order valence-corrected chi connectivity index (χ1v) is 8.42. The molecule has 2 aromatic rings. The van der Waals surface area contributed by atoms with E-state index in [0.717, 1.165) is 11.1 Å². The van der Waals surface area contributed by atoms with Crippen LogP contribution < -0.4 is 27.0 Å². The molecule has 1 unspecified atom stereocenters. The van der Waals surface area contributed by atoms with Crippen LogP contribution in [-0.2, 0) is 16.9 Å². The lowest BCUT2D eigenvalue weighted by atomic mass is 9.91. The van der Waals surface area contributed by atoms with Gasteiger partial charge in [0.2, 0.25) is 0 Å². The quantitative estimate of drug-likeness (QED) is 0.418. The fourth-order valence-corrected chi connectivity index (χ4v) is 2.81. The molecule has 8 heteroatoms. The summed E-state index contributed by atoms with van der Waals surface area (Å²) in [5.74, 6) is -0.392. The molecule has 1 aliphatic rings. The van der Waals surface area contributed by atoms with Gasteiger partial charge in [-0.25, -0.2) is 9.59 Å².